The van der Waals surface area contributed by atoms with E-state index in [9.17, 15) is 83.1 Å². The van der Waals surface area contributed by atoms with E-state index in [1.165, 1.54) is 6.92 Å². The maximum atomic E-state index is 14.4. The van der Waals surface area contributed by atoms with E-state index >= 15 is 0 Å². The number of ether oxygens (including phenoxy) is 1. The SMILES string of the molecule is C/C=C1/NC(=O)C([C@H](C)O)NC(=O)[C@H](CCN)NC(=O)C([C@H](O)C(=O)O)NC(=O)C(CCCCN)NC(=O)[C@H](CC(=O)NCCCN(C)C)NC(=O)C(CCN)NC(=O)C(NC(=O)C[C@H](O)CCCCCCCCCCC)COC(=O)C([C@H](O)CCl)NC1=O. The minimum absolute atomic E-state index is 0.0753. The first-order valence-electron chi connectivity index (χ1n) is 30.3. The van der Waals surface area contributed by atoms with Crippen molar-refractivity contribution in [2.45, 2.75) is 209 Å². The first-order valence-corrected chi connectivity index (χ1v) is 30.8. The number of nitrogens with one attached hydrogen (secondary N) is 10. The molecule has 508 valence electrons. The number of hydrogen-bond acceptors (Lipinski definition) is 21. The van der Waals surface area contributed by atoms with Crippen molar-refractivity contribution in [1.82, 2.24) is 58.1 Å². The molecule has 0 spiro atoms. The van der Waals surface area contributed by atoms with Crippen LogP contribution in [0.1, 0.15) is 136 Å². The maximum absolute atomic E-state index is 14.4. The van der Waals surface area contributed by atoms with Crippen molar-refractivity contribution in [2.24, 2.45) is 17.2 Å². The highest BCUT2D eigenvalue weighted by molar-refractivity contribution is 6.18. The molecular weight excluding hydrogens is 1190 g/mol. The van der Waals surface area contributed by atoms with Gasteiger partial charge in [0.2, 0.25) is 53.2 Å². The predicted molar refractivity (Wildman–Crippen MR) is 324 cm³/mol. The van der Waals surface area contributed by atoms with Crippen LogP contribution in [-0.4, -0.2) is 233 Å². The monoisotopic (exact) mass is 1290 g/mol. The summed E-state index contributed by atoms with van der Waals surface area (Å²) in [5.74, 6) is -16.3. The number of carbonyl (C=O) groups is 12. The van der Waals surface area contributed by atoms with Crippen LogP contribution in [0.25, 0.3) is 0 Å². The van der Waals surface area contributed by atoms with Crippen LogP contribution in [0.3, 0.4) is 0 Å². The van der Waals surface area contributed by atoms with Crippen molar-refractivity contribution in [3.05, 3.63) is 11.8 Å². The Morgan fingerprint density at radius 3 is 1.71 bits per heavy atom. The number of rotatable bonds is 32. The number of halogens is 1. The van der Waals surface area contributed by atoms with E-state index in [-0.39, 0.29) is 51.9 Å². The van der Waals surface area contributed by atoms with Gasteiger partial charge in [-0.25, -0.2) is 9.59 Å². The Morgan fingerprint density at radius 1 is 0.640 bits per heavy atom. The highest BCUT2D eigenvalue weighted by Crippen LogP contribution is 2.14. The fraction of sp³-hybridized carbons (Fsp3) is 0.750. The molecule has 0 aromatic heterocycles. The van der Waals surface area contributed by atoms with Crippen LogP contribution < -0.4 is 70.4 Å². The van der Waals surface area contributed by atoms with E-state index in [0.717, 1.165) is 64.4 Å². The minimum atomic E-state index is -2.75. The minimum Gasteiger partial charge on any atom is -0.479 e. The fourth-order valence-electron chi connectivity index (χ4n) is 8.93. The Balaban J connectivity index is 4.12. The molecule has 12 atom stereocenters. The smallest absolute Gasteiger partial charge is 0.335 e. The lowest BCUT2D eigenvalue weighted by Crippen LogP contribution is -2.63. The van der Waals surface area contributed by atoms with Gasteiger partial charge >= 0.3 is 11.9 Å². The van der Waals surface area contributed by atoms with Crippen molar-refractivity contribution >= 4 is 82.6 Å². The van der Waals surface area contributed by atoms with E-state index in [1.807, 2.05) is 4.90 Å². The standard InChI is InChI=1S/C56H99ClN14O18/c1-6-8-9-10-11-12-13-14-15-19-33(73)28-42(76)62-39-31-89-56(88)44(40(74)30-57)69-47(78)34(7-2)63-53(84)43(32(3)72)68-50(81)37(22-25-60)66-54(85)45(46(77)55(86)87)70-49(80)35(20-16-17-23-58)64-51(82)38(29-41(75)61-26-18-27-71(4)5)67-48(79)36(21-24-59)65-52(39)83/h7,32-33,35-40,43-46,72-74,77H,6,8-31,58-60H2,1-5H3,(H,61,75)(H,62,76)(H,63,84)(H,64,82)(H,65,83)(H,66,85)(H,67,79)(H,68,81)(H,69,78)(H,70,80)(H,86,87)/b34-7+/t32-,33+,35?,36?,37-,38-,39?,40+,43?,44?,45?,46-/m0/s1. The first kappa shape index (κ1) is 80.4. The van der Waals surface area contributed by atoms with Crippen LogP contribution in [0.4, 0.5) is 0 Å². The molecule has 0 aliphatic carbocycles. The number of carboxylic acids is 1. The summed E-state index contributed by atoms with van der Waals surface area (Å²) < 4.78 is 5.41. The second kappa shape index (κ2) is 44.7. The lowest BCUT2D eigenvalue weighted by atomic mass is 10.0. The van der Waals surface area contributed by atoms with Gasteiger partial charge in [0.15, 0.2) is 12.1 Å². The van der Waals surface area contributed by atoms with Gasteiger partial charge in [-0.15, -0.1) is 11.6 Å². The summed E-state index contributed by atoms with van der Waals surface area (Å²) in [4.78, 5) is 168. The van der Waals surface area contributed by atoms with Crippen LogP contribution in [0.15, 0.2) is 11.8 Å². The van der Waals surface area contributed by atoms with Gasteiger partial charge in [-0.1, -0.05) is 70.8 Å². The first-order chi connectivity index (χ1) is 42.2. The number of nitrogens with two attached hydrogens (primary N) is 3. The number of carbonyl (C=O) groups excluding carboxylic acids is 11. The van der Waals surface area contributed by atoms with E-state index in [0.29, 0.717) is 19.4 Å². The fourth-order valence-corrected chi connectivity index (χ4v) is 9.11. The molecule has 0 saturated carbocycles. The molecule has 0 aromatic carbocycles. The molecule has 1 aliphatic rings. The van der Waals surface area contributed by atoms with Crippen LogP contribution in [-0.2, 0) is 62.3 Å². The zero-order chi connectivity index (χ0) is 67.2. The number of carboxylic acid groups (broad SMARTS) is 1. The Hall–Kier alpha value is -6.65. The van der Waals surface area contributed by atoms with Gasteiger partial charge in [-0.2, -0.15) is 0 Å². The van der Waals surface area contributed by atoms with Crippen LogP contribution in [0.2, 0.25) is 0 Å². The number of amides is 10. The van der Waals surface area contributed by atoms with E-state index in [2.05, 4.69) is 60.1 Å². The molecule has 1 heterocycles. The predicted octanol–water partition coefficient (Wildman–Crippen LogP) is -5.18. The van der Waals surface area contributed by atoms with Gasteiger partial charge in [0.1, 0.15) is 54.6 Å². The van der Waals surface area contributed by atoms with Gasteiger partial charge in [0, 0.05) is 6.54 Å². The lowest BCUT2D eigenvalue weighted by molar-refractivity contribution is -0.153. The Bertz CT molecular complexity index is 2320. The molecule has 0 bridgehead atoms. The van der Waals surface area contributed by atoms with Crippen LogP contribution in [0, 0.1) is 0 Å². The average molecular weight is 1290 g/mol. The average Bonchev–Trinajstić information content (AvgIpc) is 2.37. The zero-order valence-corrected chi connectivity index (χ0v) is 52.5. The summed E-state index contributed by atoms with van der Waals surface area (Å²) >= 11 is 5.94. The number of aliphatic carboxylic acids is 1. The van der Waals surface area contributed by atoms with Gasteiger partial charge in [-0.05, 0) is 99.1 Å². The maximum Gasteiger partial charge on any atom is 0.335 e. The number of nitrogens with zero attached hydrogens (tertiary/aromatic N) is 1. The summed E-state index contributed by atoms with van der Waals surface area (Å²) in [6.07, 6.45) is 0.643. The number of esters is 1. The summed E-state index contributed by atoms with van der Waals surface area (Å²) in [5.41, 5.74) is 16.7. The number of hydrogen-bond donors (Lipinski definition) is 18. The third kappa shape index (κ3) is 31.6. The van der Waals surface area contributed by atoms with Gasteiger partial charge in [-0.3, -0.25) is 47.9 Å². The molecule has 0 radical (unpaired) electrons. The van der Waals surface area contributed by atoms with E-state index in [4.69, 9.17) is 33.5 Å². The third-order valence-corrected chi connectivity index (χ3v) is 14.4. The molecule has 1 rings (SSSR count). The quantitative estimate of drug-likeness (QED) is 0.0130. The van der Waals surface area contributed by atoms with E-state index < -0.39 is 188 Å². The molecule has 1 fully saturated rings. The summed E-state index contributed by atoms with van der Waals surface area (Å²) in [5, 5.41) is 76.2. The normalized spacial score (nSPS) is 23.7. The molecule has 89 heavy (non-hydrogen) atoms. The van der Waals surface area contributed by atoms with E-state index in [1.54, 1.807) is 14.1 Å². The van der Waals surface area contributed by atoms with Crippen molar-refractivity contribution in [1.29, 1.82) is 0 Å². The molecule has 32 nitrogen and oxygen atoms in total. The molecule has 33 heteroatoms. The molecule has 1 aliphatic heterocycles. The van der Waals surface area contributed by atoms with Gasteiger partial charge in [0.05, 0.1) is 37.0 Å². The topological polar surface area (TPSA) is 517 Å². The number of alkyl halides is 1. The second-order valence-corrected chi connectivity index (χ2v) is 22.3. The molecule has 10 amide bonds. The van der Waals surface area contributed by atoms with Gasteiger partial charge < -0.3 is 106 Å². The van der Waals surface area contributed by atoms with Crippen molar-refractivity contribution in [2.75, 3.05) is 59.3 Å². The van der Waals surface area contributed by atoms with Crippen molar-refractivity contribution < 1.29 is 87.8 Å². The Morgan fingerprint density at radius 2 is 1.17 bits per heavy atom. The molecule has 1 saturated heterocycles. The highest BCUT2D eigenvalue weighted by Gasteiger charge is 2.40. The van der Waals surface area contributed by atoms with Crippen LogP contribution >= 0.6 is 11.6 Å². The number of cyclic esters (lactones) is 1. The number of aliphatic hydroxyl groups is 4. The second-order valence-electron chi connectivity index (χ2n) is 22.0. The summed E-state index contributed by atoms with van der Waals surface area (Å²) in [7, 11) is 3.58. The van der Waals surface area contributed by atoms with Crippen molar-refractivity contribution in [3.8, 4) is 0 Å². The third-order valence-electron chi connectivity index (χ3n) is 14.1. The largest absolute Gasteiger partial charge is 0.479 e. The number of unbranched alkanes of at least 4 members (excludes halogenated alkanes) is 9. The molecule has 0 aromatic rings. The summed E-state index contributed by atoms with van der Waals surface area (Å²) in [6, 6.07) is -15.6. The number of allylic oxidation sites excluding steroid dienone is 1. The molecule has 6 unspecified atom stereocenters. The summed E-state index contributed by atoms with van der Waals surface area (Å²) in [6.45, 7) is 3.33. The lowest BCUT2D eigenvalue weighted by Gasteiger charge is -2.29. The molecule has 21 N–H and O–H groups in total. The Kier molecular flexibility index (Phi) is 40.4. The number of aliphatic hydroxyl groups excluding tert-OH is 4. The van der Waals surface area contributed by atoms with Crippen molar-refractivity contribution in [3.63, 3.8) is 0 Å². The highest BCUT2D eigenvalue weighted by atomic mass is 35.5. The van der Waals surface area contributed by atoms with Crippen LogP contribution in [0.5, 0.6) is 0 Å². The van der Waals surface area contributed by atoms with Gasteiger partial charge in [0.25, 0.3) is 5.91 Å². The Labute approximate surface area is 524 Å². The zero-order valence-electron chi connectivity index (χ0n) is 51.8. The molecular formula is C56H99ClN14O18.